The molecule has 0 heterocycles. The highest BCUT2D eigenvalue weighted by Gasteiger charge is 2.22. The van der Waals surface area contributed by atoms with Crippen LogP contribution in [0.2, 0.25) is 0 Å². The van der Waals surface area contributed by atoms with E-state index in [1.165, 1.54) is 13.0 Å². The third kappa shape index (κ3) is 4.20. The Kier molecular flexibility index (Phi) is 5.23. The minimum atomic E-state index is -0.991. The van der Waals surface area contributed by atoms with Gasteiger partial charge in [-0.1, -0.05) is 6.07 Å². The number of nitrogens with two attached hydrogens (primary N) is 1. The fourth-order valence-corrected chi connectivity index (χ4v) is 1.53. The fraction of sp³-hybridized carbons (Fsp3) is 0.333. The van der Waals surface area contributed by atoms with Crippen molar-refractivity contribution in [2.45, 2.75) is 12.8 Å². The molecule has 104 valence electrons. The molecular formula is C12H14F2N2O3. The van der Waals surface area contributed by atoms with Crippen molar-refractivity contribution < 1.29 is 23.1 Å². The van der Waals surface area contributed by atoms with Gasteiger partial charge >= 0.3 is 6.09 Å². The maximum Gasteiger partial charge on any atom is 0.404 e. The molecule has 1 aromatic carbocycles. The van der Waals surface area contributed by atoms with Gasteiger partial charge in [0.1, 0.15) is 18.2 Å². The average molecular weight is 272 g/mol. The zero-order valence-electron chi connectivity index (χ0n) is 10.3. The number of carbonyl (C=O) groups is 2. The summed E-state index contributed by atoms with van der Waals surface area (Å²) in [5, 5.41) is 2.39. The van der Waals surface area contributed by atoms with Crippen molar-refractivity contribution >= 4 is 12.0 Å². The van der Waals surface area contributed by atoms with Gasteiger partial charge in [0.25, 0.3) is 0 Å². The van der Waals surface area contributed by atoms with Crippen LogP contribution in [-0.4, -0.2) is 25.2 Å². The standard InChI is InChI=1S/C12H14F2N2O3/c1-7(10-8(13)3-2-4-9(10)14)11(17)16-5-6-19-12(15)18/h2-4,7H,5-6H2,1H3,(H2,15,18)(H,16,17)/t7-/m0/s1. The van der Waals surface area contributed by atoms with E-state index in [-0.39, 0.29) is 18.7 Å². The first kappa shape index (κ1) is 14.9. The molecule has 1 aromatic rings. The van der Waals surface area contributed by atoms with Crippen LogP contribution in [0.5, 0.6) is 0 Å². The minimum absolute atomic E-state index is 0.0161. The van der Waals surface area contributed by atoms with Crippen molar-refractivity contribution in [3.05, 3.63) is 35.4 Å². The van der Waals surface area contributed by atoms with Gasteiger partial charge in [-0.25, -0.2) is 13.6 Å². The van der Waals surface area contributed by atoms with Crippen LogP contribution in [-0.2, 0) is 9.53 Å². The molecule has 0 aliphatic carbocycles. The summed E-state index contributed by atoms with van der Waals surface area (Å²) in [4.78, 5) is 22.0. The second-order valence-corrected chi connectivity index (χ2v) is 3.82. The SMILES string of the molecule is C[C@H](C(=O)NCCOC(N)=O)c1c(F)cccc1F. The number of amides is 2. The third-order valence-electron chi connectivity index (χ3n) is 2.47. The van der Waals surface area contributed by atoms with Gasteiger partial charge in [-0.05, 0) is 19.1 Å². The van der Waals surface area contributed by atoms with Crippen LogP contribution in [0.25, 0.3) is 0 Å². The largest absolute Gasteiger partial charge is 0.448 e. The minimum Gasteiger partial charge on any atom is -0.448 e. The molecule has 0 aliphatic heterocycles. The molecular weight excluding hydrogens is 258 g/mol. The topological polar surface area (TPSA) is 81.4 Å². The lowest BCUT2D eigenvalue weighted by Gasteiger charge is -2.14. The van der Waals surface area contributed by atoms with E-state index in [4.69, 9.17) is 5.73 Å². The van der Waals surface area contributed by atoms with Gasteiger partial charge in [-0.2, -0.15) is 0 Å². The molecule has 0 aromatic heterocycles. The average Bonchev–Trinajstić information content (AvgIpc) is 2.33. The normalized spacial score (nSPS) is 11.7. The Bertz CT molecular complexity index is 460. The van der Waals surface area contributed by atoms with Crippen LogP contribution >= 0.6 is 0 Å². The van der Waals surface area contributed by atoms with Gasteiger partial charge in [0.2, 0.25) is 5.91 Å². The summed E-state index contributed by atoms with van der Waals surface area (Å²) in [7, 11) is 0. The Morgan fingerprint density at radius 3 is 2.47 bits per heavy atom. The van der Waals surface area contributed by atoms with Crippen LogP contribution in [0.15, 0.2) is 18.2 Å². The van der Waals surface area contributed by atoms with Gasteiger partial charge in [0, 0.05) is 5.56 Å². The van der Waals surface area contributed by atoms with Crippen LogP contribution in [0, 0.1) is 11.6 Å². The molecule has 19 heavy (non-hydrogen) atoms. The summed E-state index contributed by atoms with van der Waals surface area (Å²) >= 11 is 0. The second-order valence-electron chi connectivity index (χ2n) is 3.82. The maximum atomic E-state index is 13.4. The molecule has 0 saturated heterocycles. The Hall–Kier alpha value is -2.18. The summed E-state index contributed by atoms with van der Waals surface area (Å²) in [5.74, 6) is -3.13. The summed E-state index contributed by atoms with van der Waals surface area (Å²) in [6.07, 6.45) is -0.956. The first-order chi connectivity index (χ1) is 8.93. The predicted octanol–water partition coefficient (Wildman–Crippen LogP) is 1.28. The number of halogens is 2. The molecule has 1 atom stereocenters. The molecule has 7 heteroatoms. The van der Waals surface area contributed by atoms with Crippen molar-refractivity contribution in [3.63, 3.8) is 0 Å². The van der Waals surface area contributed by atoms with E-state index in [9.17, 15) is 18.4 Å². The van der Waals surface area contributed by atoms with Crippen molar-refractivity contribution in [3.8, 4) is 0 Å². The third-order valence-corrected chi connectivity index (χ3v) is 2.47. The van der Waals surface area contributed by atoms with Crippen LogP contribution in [0.4, 0.5) is 13.6 Å². The Morgan fingerprint density at radius 2 is 1.95 bits per heavy atom. The lowest BCUT2D eigenvalue weighted by molar-refractivity contribution is -0.122. The van der Waals surface area contributed by atoms with Gasteiger partial charge in [-0.3, -0.25) is 4.79 Å². The van der Waals surface area contributed by atoms with Crippen molar-refractivity contribution in [1.29, 1.82) is 0 Å². The maximum absolute atomic E-state index is 13.4. The predicted molar refractivity (Wildman–Crippen MR) is 63.3 cm³/mol. The number of rotatable bonds is 5. The lowest BCUT2D eigenvalue weighted by Crippen LogP contribution is -2.32. The number of benzene rings is 1. The number of hydrogen-bond donors (Lipinski definition) is 2. The van der Waals surface area contributed by atoms with Gasteiger partial charge in [-0.15, -0.1) is 0 Å². The highest BCUT2D eigenvalue weighted by molar-refractivity contribution is 5.83. The van der Waals surface area contributed by atoms with E-state index in [1.54, 1.807) is 0 Å². The quantitative estimate of drug-likeness (QED) is 0.792. The molecule has 3 N–H and O–H groups in total. The van der Waals surface area contributed by atoms with Crippen molar-refractivity contribution in [1.82, 2.24) is 5.32 Å². The summed E-state index contributed by atoms with van der Waals surface area (Å²) in [5.41, 5.74) is 4.43. The Morgan fingerprint density at radius 1 is 1.37 bits per heavy atom. The van der Waals surface area contributed by atoms with E-state index in [0.717, 1.165) is 12.1 Å². The van der Waals surface area contributed by atoms with Gasteiger partial charge in [0.05, 0.1) is 12.5 Å². The summed E-state index contributed by atoms with van der Waals surface area (Å²) in [6, 6.07) is 3.39. The van der Waals surface area contributed by atoms with E-state index in [0.29, 0.717) is 0 Å². The molecule has 0 unspecified atom stereocenters. The Labute approximate surface area is 108 Å². The van der Waals surface area contributed by atoms with Gasteiger partial charge in [0.15, 0.2) is 0 Å². The molecule has 0 bridgehead atoms. The number of nitrogens with one attached hydrogen (secondary N) is 1. The highest BCUT2D eigenvalue weighted by atomic mass is 19.1. The van der Waals surface area contributed by atoms with E-state index in [2.05, 4.69) is 10.1 Å². The zero-order chi connectivity index (χ0) is 14.4. The Balaban J connectivity index is 2.59. The zero-order valence-corrected chi connectivity index (χ0v) is 10.3. The number of carbonyl (C=O) groups excluding carboxylic acids is 2. The van der Waals surface area contributed by atoms with E-state index in [1.807, 2.05) is 0 Å². The lowest BCUT2D eigenvalue weighted by atomic mass is 9.99. The molecule has 0 aliphatic rings. The van der Waals surface area contributed by atoms with Crippen molar-refractivity contribution in [2.75, 3.05) is 13.2 Å². The highest BCUT2D eigenvalue weighted by Crippen LogP contribution is 2.22. The van der Waals surface area contributed by atoms with Crippen molar-refractivity contribution in [2.24, 2.45) is 5.73 Å². The van der Waals surface area contributed by atoms with Crippen LogP contribution in [0.3, 0.4) is 0 Å². The van der Waals surface area contributed by atoms with Crippen LogP contribution < -0.4 is 11.1 Å². The molecule has 0 saturated carbocycles. The van der Waals surface area contributed by atoms with E-state index < -0.39 is 29.6 Å². The molecule has 1 rings (SSSR count). The number of ether oxygens (including phenoxy) is 1. The number of hydrogen-bond acceptors (Lipinski definition) is 3. The first-order valence-corrected chi connectivity index (χ1v) is 5.57. The smallest absolute Gasteiger partial charge is 0.404 e. The molecule has 2 amide bonds. The molecule has 0 spiro atoms. The first-order valence-electron chi connectivity index (χ1n) is 5.57. The summed E-state index contributed by atoms with van der Waals surface area (Å²) < 4.78 is 31.3. The second kappa shape index (κ2) is 6.67. The van der Waals surface area contributed by atoms with Gasteiger partial charge < -0.3 is 15.8 Å². The van der Waals surface area contributed by atoms with E-state index >= 15 is 0 Å². The fourth-order valence-electron chi connectivity index (χ4n) is 1.53. The monoisotopic (exact) mass is 272 g/mol. The molecule has 0 radical (unpaired) electrons. The summed E-state index contributed by atoms with van der Waals surface area (Å²) in [6.45, 7) is 1.29. The van der Waals surface area contributed by atoms with Crippen LogP contribution in [0.1, 0.15) is 18.4 Å². The molecule has 0 fully saturated rings. The number of primary amides is 1. The molecule has 5 nitrogen and oxygen atoms in total.